The third kappa shape index (κ3) is 3.05. The molecule has 0 aliphatic carbocycles. The average molecular weight is 263 g/mol. The van der Waals surface area contributed by atoms with Crippen LogP contribution in [0.25, 0.3) is 11.0 Å². The van der Waals surface area contributed by atoms with Crippen LogP contribution in [0.5, 0.6) is 0 Å². The molecular formula is C14H21N3O2. The van der Waals surface area contributed by atoms with Gasteiger partial charge in [0.2, 0.25) is 0 Å². The van der Waals surface area contributed by atoms with Gasteiger partial charge < -0.3 is 20.4 Å². The molecule has 0 spiro atoms. The molecule has 0 saturated carbocycles. The van der Waals surface area contributed by atoms with E-state index in [-0.39, 0.29) is 17.8 Å². The Hall–Kier alpha value is -1.59. The van der Waals surface area contributed by atoms with Crippen LogP contribution >= 0.6 is 0 Å². The molecule has 0 aliphatic rings. The molecule has 2 atom stereocenters. The van der Waals surface area contributed by atoms with Crippen LogP contribution in [0.2, 0.25) is 0 Å². The normalized spacial score (nSPS) is 15.6. The van der Waals surface area contributed by atoms with Crippen molar-refractivity contribution in [1.29, 1.82) is 0 Å². The van der Waals surface area contributed by atoms with Gasteiger partial charge in [0, 0.05) is 12.1 Å². The maximum atomic E-state index is 11.2. The average Bonchev–Trinajstić information content (AvgIpc) is 2.66. The van der Waals surface area contributed by atoms with Crippen LogP contribution < -0.4 is 11.0 Å². The molecule has 19 heavy (non-hydrogen) atoms. The van der Waals surface area contributed by atoms with Crippen molar-refractivity contribution in [2.75, 3.05) is 0 Å². The van der Waals surface area contributed by atoms with Crippen molar-refractivity contribution in [2.24, 2.45) is 0 Å². The molecule has 5 nitrogen and oxygen atoms in total. The number of nitrogens with one attached hydrogen (secondary N) is 3. The van der Waals surface area contributed by atoms with Crippen molar-refractivity contribution in [2.45, 2.75) is 45.4 Å². The van der Waals surface area contributed by atoms with Crippen molar-refractivity contribution < 1.29 is 5.11 Å². The molecule has 0 aliphatic heterocycles. The Balaban J connectivity index is 2.21. The molecule has 1 heterocycles. The van der Waals surface area contributed by atoms with Gasteiger partial charge in [0.05, 0.1) is 16.6 Å². The van der Waals surface area contributed by atoms with Gasteiger partial charge in [-0.05, 0) is 45.4 Å². The molecule has 0 radical (unpaired) electrons. The van der Waals surface area contributed by atoms with Crippen LogP contribution in [-0.4, -0.2) is 26.7 Å². The Morgan fingerprint density at radius 3 is 2.47 bits per heavy atom. The highest BCUT2D eigenvalue weighted by Crippen LogP contribution is 2.19. The quantitative estimate of drug-likeness (QED) is 0.677. The van der Waals surface area contributed by atoms with E-state index in [1.807, 2.05) is 32.0 Å². The zero-order chi connectivity index (χ0) is 14.2. The standard InChI is InChI=1S/C14H21N3O2/c1-8(15-9(2)14(3,4)19)10-5-6-11-12(7-10)17-13(18)16-11/h5-9,15,19H,1-4H3,(H2,16,17,18). The second-order valence-electron chi connectivity index (χ2n) is 5.65. The van der Waals surface area contributed by atoms with Crippen LogP contribution in [-0.2, 0) is 0 Å². The maximum absolute atomic E-state index is 11.2. The number of aromatic amines is 2. The van der Waals surface area contributed by atoms with Crippen molar-refractivity contribution in [3.05, 3.63) is 34.2 Å². The maximum Gasteiger partial charge on any atom is 0.323 e. The lowest BCUT2D eigenvalue weighted by Crippen LogP contribution is -2.45. The van der Waals surface area contributed by atoms with Crippen molar-refractivity contribution in [1.82, 2.24) is 15.3 Å². The zero-order valence-corrected chi connectivity index (χ0v) is 11.7. The summed E-state index contributed by atoms with van der Waals surface area (Å²) in [4.78, 5) is 16.7. The van der Waals surface area contributed by atoms with Crippen LogP contribution in [0.15, 0.2) is 23.0 Å². The fourth-order valence-electron chi connectivity index (χ4n) is 1.99. The fourth-order valence-corrected chi connectivity index (χ4v) is 1.99. The van der Waals surface area contributed by atoms with Crippen LogP contribution in [0.4, 0.5) is 0 Å². The van der Waals surface area contributed by atoms with E-state index >= 15 is 0 Å². The summed E-state index contributed by atoms with van der Waals surface area (Å²) in [5.74, 6) is 0. The first-order valence-electron chi connectivity index (χ1n) is 6.48. The Kier molecular flexibility index (Phi) is 3.52. The summed E-state index contributed by atoms with van der Waals surface area (Å²) < 4.78 is 0. The molecule has 104 valence electrons. The first-order chi connectivity index (χ1) is 8.77. The summed E-state index contributed by atoms with van der Waals surface area (Å²) in [7, 11) is 0. The monoisotopic (exact) mass is 263 g/mol. The van der Waals surface area contributed by atoms with Gasteiger partial charge in [0.15, 0.2) is 0 Å². The molecular weight excluding hydrogens is 242 g/mol. The largest absolute Gasteiger partial charge is 0.389 e. The molecule has 4 N–H and O–H groups in total. The van der Waals surface area contributed by atoms with Gasteiger partial charge in [-0.3, -0.25) is 0 Å². The number of hydrogen-bond donors (Lipinski definition) is 4. The van der Waals surface area contributed by atoms with E-state index < -0.39 is 5.60 Å². The minimum Gasteiger partial charge on any atom is -0.389 e. The molecule has 1 aromatic carbocycles. The third-order valence-corrected chi connectivity index (χ3v) is 3.60. The predicted molar refractivity (Wildman–Crippen MR) is 76.2 cm³/mol. The second-order valence-corrected chi connectivity index (χ2v) is 5.65. The van der Waals surface area contributed by atoms with Crippen molar-refractivity contribution in [3.63, 3.8) is 0 Å². The van der Waals surface area contributed by atoms with Gasteiger partial charge in [0.1, 0.15) is 0 Å². The smallest absolute Gasteiger partial charge is 0.323 e. The lowest BCUT2D eigenvalue weighted by molar-refractivity contribution is 0.0405. The minimum atomic E-state index is -0.777. The molecule has 2 aromatic rings. The number of hydrogen-bond acceptors (Lipinski definition) is 3. The number of fused-ring (bicyclic) bond motifs is 1. The topological polar surface area (TPSA) is 80.9 Å². The summed E-state index contributed by atoms with van der Waals surface area (Å²) in [5, 5.41) is 13.3. The summed E-state index contributed by atoms with van der Waals surface area (Å²) in [6, 6.07) is 5.85. The molecule has 1 aromatic heterocycles. The SMILES string of the molecule is CC(NC(C)C(C)(C)O)c1ccc2[nH]c(=O)[nH]c2c1. The summed E-state index contributed by atoms with van der Waals surface area (Å²) in [6.45, 7) is 7.55. The molecule has 5 heteroatoms. The highest BCUT2D eigenvalue weighted by atomic mass is 16.3. The number of aromatic nitrogens is 2. The number of H-pyrrole nitrogens is 2. The molecule has 0 amide bonds. The first kappa shape index (κ1) is 13.8. The molecule has 2 rings (SSSR count). The number of benzene rings is 1. The molecule has 2 unspecified atom stereocenters. The van der Waals surface area contributed by atoms with Crippen LogP contribution in [0.1, 0.15) is 39.3 Å². The zero-order valence-electron chi connectivity index (χ0n) is 11.7. The predicted octanol–water partition coefficient (Wildman–Crippen LogP) is 1.67. The number of rotatable bonds is 4. The summed E-state index contributed by atoms with van der Waals surface area (Å²) >= 11 is 0. The summed E-state index contributed by atoms with van der Waals surface area (Å²) in [5.41, 5.74) is 1.70. The Labute approximate surface area is 112 Å². The Bertz CT molecular complexity index is 621. The molecule has 0 saturated heterocycles. The van der Waals surface area contributed by atoms with Crippen molar-refractivity contribution in [3.8, 4) is 0 Å². The van der Waals surface area contributed by atoms with Gasteiger partial charge in [-0.1, -0.05) is 6.07 Å². The van der Waals surface area contributed by atoms with E-state index in [4.69, 9.17) is 0 Å². The Morgan fingerprint density at radius 1 is 1.21 bits per heavy atom. The van der Waals surface area contributed by atoms with Gasteiger partial charge >= 0.3 is 5.69 Å². The first-order valence-corrected chi connectivity index (χ1v) is 6.48. The molecule has 0 bridgehead atoms. The lowest BCUT2D eigenvalue weighted by Gasteiger charge is -2.30. The second kappa shape index (κ2) is 4.83. The van der Waals surface area contributed by atoms with Crippen molar-refractivity contribution >= 4 is 11.0 Å². The van der Waals surface area contributed by atoms with E-state index in [2.05, 4.69) is 15.3 Å². The summed E-state index contributed by atoms with van der Waals surface area (Å²) in [6.07, 6.45) is 0. The lowest BCUT2D eigenvalue weighted by atomic mass is 9.98. The van der Waals surface area contributed by atoms with E-state index in [9.17, 15) is 9.90 Å². The number of imidazole rings is 1. The molecule has 0 fully saturated rings. The third-order valence-electron chi connectivity index (χ3n) is 3.60. The van der Waals surface area contributed by atoms with Gasteiger partial charge in [-0.15, -0.1) is 0 Å². The highest BCUT2D eigenvalue weighted by molar-refractivity contribution is 5.75. The van der Waals surface area contributed by atoms with E-state index in [1.54, 1.807) is 13.8 Å². The van der Waals surface area contributed by atoms with Crippen LogP contribution in [0, 0.1) is 0 Å². The highest BCUT2D eigenvalue weighted by Gasteiger charge is 2.23. The van der Waals surface area contributed by atoms with E-state index in [1.165, 1.54) is 0 Å². The minimum absolute atomic E-state index is 0.0385. The van der Waals surface area contributed by atoms with Gasteiger partial charge in [-0.25, -0.2) is 4.79 Å². The van der Waals surface area contributed by atoms with Crippen LogP contribution in [0.3, 0.4) is 0 Å². The van der Waals surface area contributed by atoms with E-state index in [0.29, 0.717) is 0 Å². The fraction of sp³-hybridized carbons (Fsp3) is 0.500. The Morgan fingerprint density at radius 2 is 1.84 bits per heavy atom. The van der Waals surface area contributed by atoms with Gasteiger partial charge in [-0.2, -0.15) is 0 Å². The van der Waals surface area contributed by atoms with E-state index in [0.717, 1.165) is 16.6 Å². The van der Waals surface area contributed by atoms with Gasteiger partial charge in [0.25, 0.3) is 0 Å². The number of aliphatic hydroxyl groups is 1.